The van der Waals surface area contributed by atoms with E-state index in [9.17, 15) is 4.39 Å². The van der Waals surface area contributed by atoms with Gasteiger partial charge in [-0.2, -0.15) is 0 Å². The summed E-state index contributed by atoms with van der Waals surface area (Å²) in [5.41, 5.74) is 3.10. The lowest BCUT2D eigenvalue weighted by molar-refractivity contribution is 0.401. The lowest BCUT2D eigenvalue weighted by Gasteiger charge is -2.22. The minimum atomic E-state index is -0.339. The Hall–Kier alpha value is -0.910. The second-order valence-corrected chi connectivity index (χ2v) is 6.36. The molecule has 0 spiro atoms. The molecule has 0 saturated heterocycles. The first-order valence-electron chi connectivity index (χ1n) is 6.44. The van der Waals surface area contributed by atoms with Crippen LogP contribution >= 0.6 is 31.9 Å². The normalized spacial score (nSPS) is 12.3. The van der Waals surface area contributed by atoms with Gasteiger partial charge in [0, 0.05) is 16.1 Å². The van der Waals surface area contributed by atoms with Crippen molar-refractivity contribution in [2.24, 2.45) is 0 Å². The summed E-state index contributed by atoms with van der Waals surface area (Å²) in [6, 6.07) is 9.13. The molecule has 0 radical (unpaired) electrons. The lowest BCUT2D eigenvalue weighted by Crippen LogP contribution is -2.19. The number of methoxy groups -OCH3 is 1. The largest absolute Gasteiger partial charge is 0.496 e. The molecule has 0 amide bonds. The Balaban J connectivity index is 2.61. The molecule has 21 heavy (non-hydrogen) atoms. The Kier molecular flexibility index (Phi) is 5.41. The Labute approximate surface area is 141 Å². The zero-order valence-electron chi connectivity index (χ0n) is 12.0. The van der Waals surface area contributed by atoms with E-state index in [0.717, 1.165) is 21.2 Å². The van der Waals surface area contributed by atoms with Gasteiger partial charge < -0.3 is 10.1 Å². The molecule has 0 saturated carbocycles. The van der Waals surface area contributed by atoms with Crippen molar-refractivity contribution in [2.45, 2.75) is 13.0 Å². The molecular weight excluding hydrogens is 401 g/mol. The van der Waals surface area contributed by atoms with E-state index in [1.54, 1.807) is 13.2 Å². The SMILES string of the molecule is CNC(c1cc(Br)c(F)cc1OC)c1cccc(C)c1Br. The smallest absolute Gasteiger partial charge is 0.141 e. The van der Waals surface area contributed by atoms with E-state index >= 15 is 0 Å². The van der Waals surface area contributed by atoms with Crippen LogP contribution in [-0.2, 0) is 0 Å². The minimum absolute atomic E-state index is 0.105. The summed E-state index contributed by atoms with van der Waals surface area (Å²) in [5.74, 6) is 0.178. The van der Waals surface area contributed by atoms with E-state index in [1.165, 1.54) is 6.07 Å². The third-order valence-electron chi connectivity index (χ3n) is 3.40. The molecule has 2 nitrogen and oxygen atoms in total. The van der Waals surface area contributed by atoms with Gasteiger partial charge >= 0.3 is 0 Å². The Bertz CT molecular complexity index is 661. The van der Waals surface area contributed by atoms with E-state index in [4.69, 9.17) is 4.74 Å². The first-order valence-corrected chi connectivity index (χ1v) is 8.03. The van der Waals surface area contributed by atoms with E-state index in [0.29, 0.717) is 10.2 Å². The second kappa shape index (κ2) is 6.90. The standard InChI is InChI=1S/C16H16Br2FNO/c1-9-5-4-6-10(15(9)18)16(20-2)11-7-12(17)13(19)8-14(11)21-3/h4-8,16,20H,1-3H3. The fraction of sp³-hybridized carbons (Fsp3) is 0.250. The number of hydrogen-bond acceptors (Lipinski definition) is 2. The summed E-state index contributed by atoms with van der Waals surface area (Å²) < 4.78 is 20.5. The van der Waals surface area contributed by atoms with E-state index in [-0.39, 0.29) is 11.9 Å². The molecule has 0 aliphatic rings. The quantitative estimate of drug-likeness (QED) is 0.759. The highest BCUT2D eigenvalue weighted by Crippen LogP contribution is 2.37. The molecule has 0 aromatic heterocycles. The Morgan fingerprint density at radius 3 is 2.52 bits per heavy atom. The van der Waals surface area contributed by atoms with Gasteiger partial charge in [-0.15, -0.1) is 0 Å². The molecule has 2 rings (SSSR count). The van der Waals surface area contributed by atoms with E-state index < -0.39 is 0 Å². The van der Waals surface area contributed by atoms with Gasteiger partial charge in [0.15, 0.2) is 0 Å². The number of benzene rings is 2. The topological polar surface area (TPSA) is 21.3 Å². The van der Waals surface area contributed by atoms with Crippen LogP contribution in [0.3, 0.4) is 0 Å². The fourth-order valence-corrected chi connectivity index (χ4v) is 3.17. The lowest BCUT2D eigenvalue weighted by atomic mass is 9.96. The number of rotatable bonds is 4. The minimum Gasteiger partial charge on any atom is -0.496 e. The van der Waals surface area contributed by atoms with Crippen molar-refractivity contribution in [1.29, 1.82) is 0 Å². The first-order chi connectivity index (χ1) is 9.99. The summed E-state index contributed by atoms with van der Waals surface area (Å²) in [6.45, 7) is 2.04. The van der Waals surface area contributed by atoms with Crippen LogP contribution in [0.15, 0.2) is 39.3 Å². The molecule has 0 fully saturated rings. The third kappa shape index (κ3) is 3.30. The molecule has 5 heteroatoms. The van der Waals surface area contributed by atoms with Crippen molar-refractivity contribution in [3.8, 4) is 5.75 Å². The number of ether oxygens (including phenoxy) is 1. The number of nitrogens with one attached hydrogen (secondary N) is 1. The van der Waals surface area contributed by atoms with Crippen molar-refractivity contribution in [1.82, 2.24) is 5.32 Å². The molecule has 1 atom stereocenters. The van der Waals surface area contributed by atoms with Crippen LogP contribution in [0.4, 0.5) is 4.39 Å². The molecule has 0 bridgehead atoms. The molecule has 0 aliphatic carbocycles. The maximum Gasteiger partial charge on any atom is 0.141 e. The number of aryl methyl sites for hydroxylation is 1. The first kappa shape index (κ1) is 16.5. The summed E-state index contributed by atoms with van der Waals surface area (Å²) in [7, 11) is 3.42. The average Bonchev–Trinajstić information content (AvgIpc) is 2.47. The second-order valence-electron chi connectivity index (χ2n) is 4.71. The van der Waals surface area contributed by atoms with Gasteiger partial charge in [0.2, 0.25) is 0 Å². The van der Waals surface area contributed by atoms with Gasteiger partial charge in [0.05, 0.1) is 17.6 Å². The Morgan fingerprint density at radius 1 is 1.19 bits per heavy atom. The molecule has 1 unspecified atom stereocenters. The van der Waals surface area contributed by atoms with Gasteiger partial charge in [-0.25, -0.2) is 4.39 Å². The van der Waals surface area contributed by atoms with Crippen LogP contribution in [0.2, 0.25) is 0 Å². The summed E-state index contributed by atoms with van der Waals surface area (Å²) in [4.78, 5) is 0. The van der Waals surface area contributed by atoms with Crippen LogP contribution in [0.25, 0.3) is 0 Å². The maximum absolute atomic E-state index is 13.7. The predicted octanol–water partition coefficient (Wildman–Crippen LogP) is 4.98. The molecular formula is C16H16Br2FNO. The number of hydrogen-bond donors (Lipinski definition) is 1. The highest BCUT2D eigenvalue weighted by atomic mass is 79.9. The van der Waals surface area contributed by atoms with Crippen molar-refractivity contribution < 1.29 is 9.13 Å². The molecule has 0 heterocycles. The maximum atomic E-state index is 13.7. The number of halogens is 3. The third-order valence-corrected chi connectivity index (χ3v) is 5.10. The van der Waals surface area contributed by atoms with Gasteiger partial charge in [0.25, 0.3) is 0 Å². The van der Waals surface area contributed by atoms with Crippen LogP contribution in [0.1, 0.15) is 22.7 Å². The van der Waals surface area contributed by atoms with E-state index in [1.807, 2.05) is 32.2 Å². The predicted molar refractivity (Wildman–Crippen MR) is 90.4 cm³/mol. The summed E-state index contributed by atoms with van der Waals surface area (Å²) in [6.07, 6.45) is 0. The van der Waals surface area contributed by atoms with Gasteiger partial charge in [-0.05, 0) is 47.1 Å². The molecule has 1 N–H and O–H groups in total. The van der Waals surface area contributed by atoms with Crippen LogP contribution < -0.4 is 10.1 Å². The highest BCUT2D eigenvalue weighted by molar-refractivity contribution is 9.10. The molecule has 2 aromatic rings. The van der Waals surface area contributed by atoms with Gasteiger partial charge in [-0.3, -0.25) is 0 Å². The van der Waals surface area contributed by atoms with Crippen LogP contribution in [-0.4, -0.2) is 14.2 Å². The van der Waals surface area contributed by atoms with Gasteiger partial charge in [0.1, 0.15) is 11.6 Å². The van der Waals surface area contributed by atoms with Gasteiger partial charge in [-0.1, -0.05) is 34.1 Å². The van der Waals surface area contributed by atoms with Crippen molar-refractivity contribution in [3.05, 3.63) is 61.8 Å². The molecule has 2 aromatic carbocycles. The van der Waals surface area contributed by atoms with Crippen molar-refractivity contribution in [2.75, 3.05) is 14.2 Å². The summed E-state index contributed by atoms with van der Waals surface area (Å²) in [5, 5.41) is 3.27. The van der Waals surface area contributed by atoms with Crippen LogP contribution in [0.5, 0.6) is 5.75 Å². The Morgan fingerprint density at radius 2 is 1.90 bits per heavy atom. The monoisotopic (exact) mass is 415 g/mol. The summed E-state index contributed by atoms with van der Waals surface area (Å²) >= 11 is 6.87. The highest BCUT2D eigenvalue weighted by Gasteiger charge is 2.21. The van der Waals surface area contributed by atoms with E-state index in [2.05, 4.69) is 37.2 Å². The molecule has 112 valence electrons. The zero-order chi connectivity index (χ0) is 15.6. The van der Waals surface area contributed by atoms with Crippen LogP contribution in [0, 0.1) is 12.7 Å². The zero-order valence-corrected chi connectivity index (χ0v) is 15.2. The fourth-order valence-electron chi connectivity index (χ4n) is 2.32. The average molecular weight is 417 g/mol. The van der Waals surface area contributed by atoms with Crippen molar-refractivity contribution >= 4 is 31.9 Å². The van der Waals surface area contributed by atoms with Crippen molar-refractivity contribution in [3.63, 3.8) is 0 Å². The molecule has 0 aliphatic heterocycles.